The molecule has 0 saturated heterocycles. The molecule has 0 fully saturated rings. The van der Waals surface area contributed by atoms with E-state index < -0.39 is 0 Å². The smallest absolute Gasteiger partial charge is 0.315 e. The van der Waals surface area contributed by atoms with E-state index in [0.29, 0.717) is 22.7 Å². The molecule has 2 heterocycles. The van der Waals surface area contributed by atoms with Crippen molar-refractivity contribution >= 4 is 33.8 Å². The highest BCUT2D eigenvalue weighted by Crippen LogP contribution is 2.26. The number of aromatic nitrogens is 4. The average Bonchev–Trinajstić information content (AvgIpc) is 3.16. The molecule has 6 nitrogen and oxygen atoms in total. The summed E-state index contributed by atoms with van der Waals surface area (Å²) in [5, 5.41) is 0. The molecule has 0 unspecified atom stereocenters. The van der Waals surface area contributed by atoms with E-state index in [1.54, 1.807) is 6.08 Å². The summed E-state index contributed by atoms with van der Waals surface area (Å²) in [6, 6.07) is 17.3. The summed E-state index contributed by atoms with van der Waals surface area (Å²) in [4.78, 5) is 31.1. The first-order valence-corrected chi connectivity index (χ1v) is 10.4. The Hall–Kier alpha value is -3.93. The Balaban J connectivity index is 2.20. The first-order valence-electron chi connectivity index (χ1n) is 10.4. The molecule has 0 saturated carbocycles. The topological polar surface area (TPSA) is 77.9 Å². The zero-order valence-corrected chi connectivity index (χ0v) is 18.6. The van der Waals surface area contributed by atoms with E-state index in [-0.39, 0.29) is 12.4 Å². The Kier molecular flexibility index (Phi) is 6.03. The van der Waals surface area contributed by atoms with Gasteiger partial charge in [-0.3, -0.25) is 24.7 Å². The zero-order chi connectivity index (χ0) is 22.7. The fourth-order valence-electron chi connectivity index (χ4n) is 3.68. The number of benzene rings is 2. The SMILES string of the molecule is Cc1cc(C)nc2ccccc2nc(C)c(C2=CCC(=O)O2)c(C)nc2ccccc2n1. The highest BCUT2D eigenvalue weighted by molar-refractivity contribution is 5.86. The van der Waals surface area contributed by atoms with Gasteiger partial charge in [-0.1, -0.05) is 24.3 Å². The molecule has 0 radical (unpaired) electrons. The van der Waals surface area contributed by atoms with Crippen molar-refractivity contribution in [3.8, 4) is 0 Å². The minimum atomic E-state index is -0.288. The van der Waals surface area contributed by atoms with E-state index in [1.165, 1.54) is 0 Å². The minimum Gasteiger partial charge on any atom is -0.426 e. The van der Waals surface area contributed by atoms with Gasteiger partial charge in [0.05, 0.1) is 45.4 Å². The quantitative estimate of drug-likeness (QED) is 0.491. The Morgan fingerprint density at radius 3 is 1.53 bits per heavy atom. The van der Waals surface area contributed by atoms with Crippen molar-refractivity contribution in [2.45, 2.75) is 34.1 Å². The van der Waals surface area contributed by atoms with Gasteiger partial charge in [0.25, 0.3) is 0 Å². The lowest BCUT2D eigenvalue weighted by Gasteiger charge is -2.07. The summed E-state index contributed by atoms with van der Waals surface area (Å²) >= 11 is 0. The first kappa shape index (κ1) is 21.3. The summed E-state index contributed by atoms with van der Waals surface area (Å²) in [6.45, 7) is 7.65. The van der Waals surface area contributed by atoms with E-state index in [0.717, 1.165) is 33.5 Å². The largest absolute Gasteiger partial charge is 0.426 e. The van der Waals surface area contributed by atoms with Crippen LogP contribution >= 0.6 is 0 Å². The molecule has 32 heavy (non-hydrogen) atoms. The number of aryl methyl sites for hydroxylation is 4. The van der Waals surface area contributed by atoms with Crippen LogP contribution in [0.5, 0.6) is 0 Å². The molecule has 1 aliphatic rings. The van der Waals surface area contributed by atoms with Gasteiger partial charge in [0.2, 0.25) is 0 Å². The number of nitrogens with zero attached hydrogens (tertiary/aromatic N) is 4. The molecule has 0 atom stereocenters. The number of hydrogen-bond donors (Lipinski definition) is 0. The lowest BCUT2D eigenvalue weighted by atomic mass is 10.1. The van der Waals surface area contributed by atoms with Crippen molar-refractivity contribution in [3.63, 3.8) is 0 Å². The molecule has 4 rings (SSSR count). The van der Waals surface area contributed by atoms with Crippen molar-refractivity contribution in [2.24, 2.45) is 0 Å². The molecule has 6 heteroatoms. The molecule has 1 aliphatic heterocycles. The molecule has 160 valence electrons. The second-order valence-electron chi connectivity index (χ2n) is 7.64. The van der Waals surface area contributed by atoms with Crippen LogP contribution in [0.3, 0.4) is 0 Å². The van der Waals surface area contributed by atoms with Crippen LogP contribution in [0.2, 0.25) is 0 Å². The van der Waals surface area contributed by atoms with Gasteiger partial charge in [0, 0.05) is 11.4 Å². The third-order valence-electron chi connectivity index (χ3n) is 5.00. The molecule has 0 spiro atoms. The summed E-state index contributed by atoms with van der Waals surface area (Å²) in [7, 11) is 0. The molecule has 3 aromatic rings. The monoisotopic (exact) mass is 424 g/mol. The normalized spacial score (nSPS) is 12.8. The Labute approximate surface area is 186 Å². The first-order chi connectivity index (χ1) is 15.4. The van der Waals surface area contributed by atoms with Crippen molar-refractivity contribution in [3.05, 3.63) is 89.0 Å². The van der Waals surface area contributed by atoms with Crippen LogP contribution in [0.15, 0.2) is 60.7 Å². The third kappa shape index (κ3) is 4.70. The van der Waals surface area contributed by atoms with Crippen LogP contribution in [-0.4, -0.2) is 25.9 Å². The number of carbonyl (C=O) groups excluding carboxylic acids is 1. The highest BCUT2D eigenvalue weighted by atomic mass is 16.5. The summed E-state index contributed by atoms with van der Waals surface area (Å²) in [5.74, 6) is 0.191. The number of fused-ring (bicyclic) bond motifs is 2. The van der Waals surface area contributed by atoms with Crippen molar-refractivity contribution in [1.29, 1.82) is 0 Å². The third-order valence-corrected chi connectivity index (χ3v) is 5.00. The van der Waals surface area contributed by atoms with Gasteiger partial charge in [-0.2, -0.15) is 0 Å². The molecule has 0 aliphatic carbocycles. The van der Waals surface area contributed by atoms with E-state index in [1.807, 2.05) is 82.3 Å². The number of rotatable bonds is 1. The van der Waals surface area contributed by atoms with Gasteiger partial charge < -0.3 is 4.74 Å². The van der Waals surface area contributed by atoms with Crippen molar-refractivity contribution in [2.75, 3.05) is 0 Å². The molecule has 1 aromatic heterocycles. The summed E-state index contributed by atoms with van der Waals surface area (Å²) in [6.07, 6.45) is 2.01. The van der Waals surface area contributed by atoms with Crippen LogP contribution in [-0.2, 0) is 9.53 Å². The average molecular weight is 425 g/mol. The van der Waals surface area contributed by atoms with E-state index in [9.17, 15) is 4.79 Å². The predicted molar refractivity (Wildman–Crippen MR) is 126 cm³/mol. The number of cyclic esters (lactones) is 1. The molecular formula is C26H24N4O2. The molecule has 0 N–H and O–H groups in total. The summed E-state index contributed by atoms with van der Waals surface area (Å²) in [5.41, 5.74) is 6.63. The van der Waals surface area contributed by atoms with E-state index in [2.05, 4.69) is 0 Å². The minimum absolute atomic E-state index is 0.232. The number of hydrogen-bond acceptors (Lipinski definition) is 6. The Morgan fingerprint density at radius 2 is 1.12 bits per heavy atom. The van der Waals surface area contributed by atoms with Crippen molar-refractivity contribution in [1.82, 2.24) is 19.9 Å². The van der Waals surface area contributed by atoms with Gasteiger partial charge in [0.15, 0.2) is 0 Å². The number of carbonyl (C=O) groups is 1. The van der Waals surface area contributed by atoms with Gasteiger partial charge in [-0.15, -0.1) is 0 Å². The van der Waals surface area contributed by atoms with Crippen LogP contribution in [0.25, 0.3) is 27.8 Å². The predicted octanol–water partition coefficient (Wildman–Crippen LogP) is 5.34. The van der Waals surface area contributed by atoms with Crippen LogP contribution in [0.1, 0.15) is 34.8 Å². The van der Waals surface area contributed by atoms with Gasteiger partial charge in [0.1, 0.15) is 5.76 Å². The Bertz CT molecular complexity index is 1310. The zero-order valence-electron chi connectivity index (χ0n) is 18.6. The lowest BCUT2D eigenvalue weighted by Crippen LogP contribution is -1.99. The van der Waals surface area contributed by atoms with Crippen molar-refractivity contribution < 1.29 is 9.53 Å². The maximum absolute atomic E-state index is 11.8. The second kappa shape index (κ2) is 9.06. The molecule has 0 amide bonds. The molecular weight excluding hydrogens is 400 g/mol. The van der Waals surface area contributed by atoms with Gasteiger partial charge in [-0.05, 0) is 64.1 Å². The second-order valence-corrected chi connectivity index (χ2v) is 7.64. The maximum Gasteiger partial charge on any atom is 0.315 e. The van der Waals surface area contributed by atoms with Gasteiger partial charge >= 0.3 is 5.97 Å². The molecule has 0 bridgehead atoms. The summed E-state index contributed by atoms with van der Waals surface area (Å²) < 4.78 is 5.48. The van der Waals surface area contributed by atoms with Crippen LogP contribution < -0.4 is 0 Å². The number of para-hydroxylation sites is 4. The van der Waals surface area contributed by atoms with E-state index >= 15 is 0 Å². The maximum atomic E-state index is 11.8. The highest BCUT2D eigenvalue weighted by Gasteiger charge is 2.20. The number of ether oxygens (including phenoxy) is 1. The fourth-order valence-corrected chi connectivity index (χ4v) is 3.68. The Morgan fingerprint density at radius 1 is 0.688 bits per heavy atom. The van der Waals surface area contributed by atoms with Crippen LogP contribution in [0, 0.1) is 27.7 Å². The fraction of sp³-hybridized carbons (Fsp3) is 0.192. The molecule has 2 aromatic carbocycles. The van der Waals surface area contributed by atoms with E-state index in [4.69, 9.17) is 24.7 Å². The number of esters is 1. The van der Waals surface area contributed by atoms with Crippen LogP contribution in [0.4, 0.5) is 0 Å². The van der Waals surface area contributed by atoms with Gasteiger partial charge in [-0.25, -0.2) is 0 Å². The lowest BCUT2D eigenvalue weighted by molar-refractivity contribution is -0.134. The standard InChI is InChI=1S/C26H24N4O2/c1-16-15-17(2)28-21-10-6-8-12-23(21)30-19(4)26(24-13-14-25(31)32-24)18(3)29-22-11-7-5-9-20(22)27-16/h5-13,15H,14H2,1-4H3.